The fourth-order valence-electron chi connectivity index (χ4n) is 4.05. The Balaban J connectivity index is 1.56. The molecule has 2 amide bonds. The third-order valence-corrected chi connectivity index (χ3v) is 6.19. The van der Waals surface area contributed by atoms with Crippen molar-refractivity contribution in [1.29, 1.82) is 0 Å². The van der Waals surface area contributed by atoms with Gasteiger partial charge in [0.25, 0.3) is 11.8 Å². The summed E-state index contributed by atoms with van der Waals surface area (Å²) in [6, 6.07) is 9.38. The monoisotopic (exact) mass is 540 g/mol. The highest BCUT2D eigenvalue weighted by Crippen LogP contribution is 2.36. The molecule has 3 rings (SSSR count). The summed E-state index contributed by atoms with van der Waals surface area (Å²) >= 11 is 5.78. The Morgan fingerprint density at radius 1 is 0.946 bits per heavy atom. The summed E-state index contributed by atoms with van der Waals surface area (Å²) < 4.78 is 52.0. The van der Waals surface area contributed by atoms with Gasteiger partial charge in [-0.2, -0.15) is 13.2 Å². The zero-order chi connectivity index (χ0) is 27.0. The molecule has 1 fully saturated rings. The van der Waals surface area contributed by atoms with Crippen molar-refractivity contribution in [3.8, 4) is 5.75 Å². The van der Waals surface area contributed by atoms with Crippen LogP contribution in [0.25, 0.3) is 0 Å². The average molecular weight is 541 g/mol. The molecule has 0 radical (unpaired) electrons. The van der Waals surface area contributed by atoms with Crippen molar-refractivity contribution in [1.82, 2.24) is 10.6 Å². The molecule has 0 heterocycles. The Labute approximate surface area is 217 Å². The smallest absolute Gasteiger partial charge is 0.417 e. The van der Waals surface area contributed by atoms with E-state index in [1.807, 2.05) is 0 Å². The van der Waals surface area contributed by atoms with Gasteiger partial charge >= 0.3 is 12.1 Å². The van der Waals surface area contributed by atoms with Gasteiger partial charge in [0, 0.05) is 23.7 Å². The molecule has 0 bridgehead atoms. The second kappa shape index (κ2) is 12.8. The Kier molecular flexibility index (Phi) is 9.79. The van der Waals surface area contributed by atoms with Crippen molar-refractivity contribution < 1.29 is 37.0 Å². The molecule has 1 saturated carbocycles. The molecule has 1 aliphatic carbocycles. The maximum absolute atomic E-state index is 13.7. The summed E-state index contributed by atoms with van der Waals surface area (Å²) in [4.78, 5) is 36.5. The minimum atomic E-state index is -4.78. The lowest BCUT2D eigenvalue weighted by Crippen LogP contribution is -2.35. The van der Waals surface area contributed by atoms with E-state index in [0.717, 1.165) is 12.1 Å². The number of nitrogens with one attached hydrogen (secondary N) is 2. The van der Waals surface area contributed by atoms with Crippen molar-refractivity contribution in [2.45, 2.75) is 44.9 Å². The molecule has 7 nitrogen and oxygen atoms in total. The lowest BCUT2D eigenvalue weighted by atomic mass is 9.87. The lowest BCUT2D eigenvalue weighted by Gasteiger charge is -2.28. The van der Waals surface area contributed by atoms with Gasteiger partial charge in [0.2, 0.25) is 0 Å². The Bertz CT molecular complexity index is 1100. The standard InChI is InChI=1S/C26H28ClF3N2O5/c1-2-36-25(35)17-5-9-19(10-6-17)37-20-11-12-21(22(15-20)26(28,29)30)24(34)32-14-13-31-23(33)16-3-7-18(27)8-4-16/h3-4,7-8,11-12,15,17,19H,2,5-6,9-10,13-14H2,1H3,(H,31,33)(H,32,34). The largest absolute Gasteiger partial charge is 0.490 e. The van der Waals surface area contributed by atoms with Gasteiger partial charge in [0.05, 0.1) is 29.8 Å². The number of hydrogen-bond donors (Lipinski definition) is 2. The van der Waals surface area contributed by atoms with E-state index in [-0.39, 0.29) is 36.8 Å². The van der Waals surface area contributed by atoms with Crippen LogP contribution in [0.2, 0.25) is 5.02 Å². The fourth-order valence-corrected chi connectivity index (χ4v) is 4.17. The van der Waals surface area contributed by atoms with Gasteiger partial charge in [-0.3, -0.25) is 14.4 Å². The van der Waals surface area contributed by atoms with Gasteiger partial charge in [-0.15, -0.1) is 0 Å². The number of ether oxygens (including phenoxy) is 2. The summed E-state index contributed by atoms with van der Waals surface area (Å²) in [5.41, 5.74) is -1.30. The highest BCUT2D eigenvalue weighted by atomic mass is 35.5. The highest BCUT2D eigenvalue weighted by molar-refractivity contribution is 6.30. The van der Waals surface area contributed by atoms with Gasteiger partial charge in [-0.1, -0.05) is 11.6 Å². The first-order chi connectivity index (χ1) is 17.6. The summed E-state index contributed by atoms with van der Waals surface area (Å²) in [6.07, 6.45) is -3.04. The number of amides is 2. The molecule has 0 unspecified atom stereocenters. The third-order valence-electron chi connectivity index (χ3n) is 5.94. The van der Waals surface area contributed by atoms with E-state index in [1.165, 1.54) is 18.2 Å². The van der Waals surface area contributed by atoms with Crippen molar-refractivity contribution >= 4 is 29.4 Å². The number of esters is 1. The molecule has 37 heavy (non-hydrogen) atoms. The first-order valence-electron chi connectivity index (χ1n) is 11.9. The zero-order valence-electron chi connectivity index (χ0n) is 20.2. The number of alkyl halides is 3. The number of carbonyl (C=O) groups is 3. The van der Waals surface area contributed by atoms with Gasteiger partial charge in [-0.25, -0.2) is 0 Å². The van der Waals surface area contributed by atoms with E-state index >= 15 is 0 Å². The molecule has 0 atom stereocenters. The van der Waals surface area contributed by atoms with Crippen molar-refractivity contribution in [3.63, 3.8) is 0 Å². The van der Waals surface area contributed by atoms with Crippen LogP contribution in [0, 0.1) is 5.92 Å². The number of hydrogen-bond acceptors (Lipinski definition) is 5. The molecule has 0 spiro atoms. The second-order valence-corrected chi connectivity index (χ2v) is 9.00. The predicted octanol–water partition coefficient (Wildman–Crippen LogP) is 5.02. The maximum Gasteiger partial charge on any atom is 0.417 e. The molecule has 2 aromatic rings. The van der Waals surface area contributed by atoms with Gasteiger partial charge in [0.1, 0.15) is 5.75 Å². The van der Waals surface area contributed by atoms with E-state index in [0.29, 0.717) is 42.9 Å². The second-order valence-electron chi connectivity index (χ2n) is 8.57. The molecule has 0 saturated heterocycles. The number of carbonyl (C=O) groups excluding carboxylic acids is 3. The van der Waals surface area contributed by atoms with Crippen LogP contribution < -0.4 is 15.4 Å². The molecule has 2 N–H and O–H groups in total. The zero-order valence-corrected chi connectivity index (χ0v) is 21.0. The Morgan fingerprint density at radius 2 is 1.57 bits per heavy atom. The van der Waals surface area contributed by atoms with Crippen LogP contribution in [0.1, 0.15) is 58.9 Å². The Hall–Kier alpha value is -3.27. The lowest BCUT2D eigenvalue weighted by molar-refractivity contribution is -0.149. The van der Waals surface area contributed by atoms with Crippen LogP contribution in [0.5, 0.6) is 5.75 Å². The SMILES string of the molecule is CCOC(=O)C1CCC(Oc2ccc(C(=O)NCCNC(=O)c3ccc(Cl)cc3)c(C(F)(F)F)c2)CC1. The van der Waals surface area contributed by atoms with Crippen LogP contribution in [0.4, 0.5) is 13.2 Å². The molecule has 1 aliphatic rings. The normalized spacial score (nSPS) is 17.5. The van der Waals surface area contributed by atoms with Crippen LogP contribution in [0.15, 0.2) is 42.5 Å². The summed E-state index contributed by atoms with van der Waals surface area (Å²) in [5.74, 6) is -1.82. The minimum absolute atomic E-state index is 0.00122. The molecule has 11 heteroatoms. The molecular weight excluding hydrogens is 513 g/mol. The van der Waals surface area contributed by atoms with Crippen LogP contribution in [0.3, 0.4) is 0 Å². The van der Waals surface area contributed by atoms with Crippen molar-refractivity contribution in [3.05, 3.63) is 64.2 Å². The summed E-state index contributed by atoms with van der Waals surface area (Å²) in [6.45, 7) is 1.98. The van der Waals surface area contributed by atoms with Crippen LogP contribution >= 0.6 is 11.6 Å². The van der Waals surface area contributed by atoms with Gasteiger partial charge < -0.3 is 20.1 Å². The fraction of sp³-hybridized carbons (Fsp3) is 0.423. The number of rotatable bonds is 9. The van der Waals surface area contributed by atoms with Gasteiger partial charge in [0.15, 0.2) is 0 Å². The number of benzene rings is 2. The molecule has 0 aliphatic heterocycles. The first-order valence-corrected chi connectivity index (χ1v) is 12.3. The van der Waals surface area contributed by atoms with Crippen molar-refractivity contribution in [2.24, 2.45) is 5.92 Å². The van der Waals surface area contributed by atoms with Crippen LogP contribution in [-0.4, -0.2) is 43.6 Å². The van der Waals surface area contributed by atoms with E-state index in [9.17, 15) is 27.6 Å². The summed E-state index contributed by atoms with van der Waals surface area (Å²) in [5, 5.41) is 5.44. The Morgan fingerprint density at radius 3 is 2.16 bits per heavy atom. The summed E-state index contributed by atoms with van der Waals surface area (Å²) in [7, 11) is 0. The third kappa shape index (κ3) is 8.11. The maximum atomic E-state index is 13.7. The van der Waals surface area contributed by atoms with Gasteiger partial charge in [-0.05, 0) is 75.1 Å². The molecule has 0 aromatic heterocycles. The molecule has 2 aromatic carbocycles. The topological polar surface area (TPSA) is 93.7 Å². The van der Waals surface area contributed by atoms with E-state index in [2.05, 4.69) is 10.6 Å². The predicted molar refractivity (Wildman–Crippen MR) is 131 cm³/mol. The average Bonchev–Trinajstić information content (AvgIpc) is 2.87. The quantitative estimate of drug-likeness (QED) is 0.344. The van der Waals surface area contributed by atoms with E-state index in [4.69, 9.17) is 21.1 Å². The molecular formula is C26H28ClF3N2O5. The molecule has 200 valence electrons. The number of halogens is 4. The minimum Gasteiger partial charge on any atom is -0.490 e. The van der Waals surface area contributed by atoms with Crippen LogP contribution in [-0.2, 0) is 15.7 Å². The van der Waals surface area contributed by atoms with E-state index in [1.54, 1.807) is 19.1 Å². The highest BCUT2D eigenvalue weighted by Gasteiger charge is 2.36. The first kappa shape index (κ1) is 28.3. The van der Waals surface area contributed by atoms with E-state index < -0.39 is 29.1 Å². The van der Waals surface area contributed by atoms with Crippen molar-refractivity contribution in [2.75, 3.05) is 19.7 Å².